The van der Waals surface area contributed by atoms with Gasteiger partial charge >= 0.3 is 0 Å². The summed E-state index contributed by atoms with van der Waals surface area (Å²) in [7, 11) is 0. The Labute approximate surface area is 113 Å². The van der Waals surface area contributed by atoms with Gasteiger partial charge in [0.1, 0.15) is 0 Å². The van der Waals surface area contributed by atoms with Crippen LogP contribution in [0.15, 0.2) is 18.2 Å². The van der Waals surface area contributed by atoms with E-state index in [0.29, 0.717) is 6.79 Å². The van der Waals surface area contributed by atoms with E-state index in [0.717, 1.165) is 37.3 Å². The number of hydrogen-bond acceptors (Lipinski definition) is 4. The summed E-state index contributed by atoms with van der Waals surface area (Å²) in [5, 5.41) is 13.5. The highest BCUT2D eigenvalue weighted by molar-refractivity contribution is 5.44. The van der Waals surface area contributed by atoms with Gasteiger partial charge in [0.25, 0.3) is 0 Å². The molecule has 1 heterocycles. The van der Waals surface area contributed by atoms with Gasteiger partial charge in [-0.1, -0.05) is 25.3 Å². The van der Waals surface area contributed by atoms with E-state index in [4.69, 9.17) is 9.47 Å². The summed E-state index contributed by atoms with van der Waals surface area (Å²) in [6.07, 6.45) is 5.35. The minimum Gasteiger partial charge on any atom is -0.454 e. The Bertz CT molecular complexity index is 435. The second-order valence-corrected chi connectivity index (χ2v) is 5.38. The standard InChI is InChI=1S/C15H21NO3/c17-13-5-3-1-2-4-12(13)16-9-11-6-7-14-15(8-11)19-10-18-14/h6-8,12-13,16-17H,1-5,9-10H2. The Hall–Kier alpha value is -1.26. The molecule has 0 spiro atoms. The minimum absolute atomic E-state index is 0.212. The molecule has 1 fully saturated rings. The Morgan fingerprint density at radius 2 is 1.95 bits per heavy atom. The molecular weight excluding hydrogens is 242 g/mol. The molecule has 4 heteroatoms. The number of rotatable bonds is 3. The van der Waals surface area contributed by atoms with Crippen LogP contribution in [0, 0.1) is 0 Å². The third-order valence-corrected chi connectivity index (χ3v) is 3.98. The first kappa shape index (κ1) is 12.8. The monoisotopic (exact) mass is 263 g/mol. The van der Waals surface area contributed by atoms with Crippen LogP contribution in [0.3, 0.4) is 0 Å². The van der Waals surface area contributed by atoms with Gasteiger partial charge < -0.3 is 19.9 Å². The summed E-state index contributed by atoms with van der Waals surface area (Å²) < 4.78 is 10.7. The van der Waals surface area contributed by atoms with E-state index < -0.39 is 0 Å². The van der Waals surface area contributed by atoms with Crippen molar-refractivity contribution in [3.63, 3.8) is 0 Å². The number of aliphatic hydroxyl groups excluding tert-OH is 1. The lowest BCUT2D eigenvalue weighted by Gasteiger charge is -2.21. The van der Waals surface area contributed by atoms with Gasteiger partial charge in [0.2, 0.25) is 6.79 Å². The molecule has 0 aromatic heterocycles. The van der Waals surface area contributed by atoms with Gasteiger partial charge in [0, 0.05) is 12.6 Å². The van der Waals surface area contributed by atoms with Gasteiger partial charge in [-0.15, -0.1) is 0 Å². The van der Waals surface area contributed by atoms with Crippen LogP contribution in [-0.4, -0.2) is 24.0 Å². The van der Waals surface area contributed by atoms with Crippen LogP contribution in [-0.2, 0) is 6.54 Å². The summed E-state index contributed by atoms with van der Waals surface area (Å²) in [6.45, 7) is 1.08. The van der Waals surface area contributed by atoms with E-state index in [9.17, 15) is 5.11 Å². The molecule has 0 bridgehead atoms. The van der Waals surface area contributed by atoms with Crippen LogP contribution >= 0.6 is 0 Å². The molecule has 2 aliphatic rings. The molecule has 0 saturated heterocycles. The Morgan fingerprint density at radius 1 is 1.11 bits per heavy atom. The highest BCUT2D eigenvalue weighted by Crippen LogP contribution is 2.32. The third-order valence-electron chi connectivity index (χ3n) is 3.98. The molecule has 1 aromatic carbocycles. The number of fused-ring (bicyclic) bond motifs is 1. The van der Waals surface area contributed by atoms with Gasteiger partial charge in [-0.3, -0.25) is 0 Å². The maximum Gasteiger partial charge on any atom is 0.231 e. The van der Waals surface area contributed by atoms with Crippen molar-refractivity contribution in [2.24, 2.45) is 0 Å². The number of hydrogen-bond donors (Lipinski definition) is 2. The van der Waals surface area contributed by atoms with Gasteiger partial charge in [-0.25, -0.2) is 0 Å². The van der Waals surface area contributed by atoms with E-state index in [2.05, 4.69) is 5.32 Å². The van der Waals surface area contributed by atoms with Crippen LogP contribution in [0.5, 0.6) is 11.5 Å². The fourth-order valence-corrected chi connectivity index (χ4v) is 2.83. The Morgan fingerprint density at radius 3 is 2.89 bits per heavy atom. The zero-order valence-corrected chi connectivity index (χ0v) is 11.1. The zero-order chi connectivity index (χ0) is 13.1. The predicted octanol–water partition coefficient (Wildman–Crippen LogP) is 2.20. The number of nitrogens with one attached hydrogen (secondary N) is 1. The zero-order valence-electron chi connectivity index (χ0n) is 11.1. The fraction of sp³-hybridized carbons (Fsp3) is 0.600. The quantitative estimate of drug-likeness (QED) is 0.821. The van der Waals surface area contributed by atoms with Crippen LogP contribution in [0.4, 0.5) is 0 Å². The highest BCUT2D eigenvalue weighted by Gasteiger charge is 2.21. The number of benzene rings is 1. The molecule has 1 aromatic rings. The summed E-state index contributed by atoms with van der Waals surface area (Å²) in [4.78, 5) is 0. The van der Waals surface area contributed by atoms with Crippen molar-refractivity contribution in [1.29, 1.82) is 0 Å². The van der Waals surface area contributed by atoms with Crippen LogP contribution < -0.4 is 14.8 Å². The molecule has 3 rings (SSSR count). The molecular formula is C15H21NO3. The van der Waals surface area contributed by atoms with Gasteiger partial charge in [0.05, 0.1) is 6.10 Å². The van der Waals surface area contributed by atoms with Crippen LogP contribution in [0.2, 0.25) is 0 Å². The van der Waals surface area contributed by atoms with Crippen molar-refractivity contribution in [2.45, 2.75) is 50.8 Å². The highest BCUT2D eigenvalue weighted by atomic mass is 16.7. The van der Waals surface area contributed by atoms with E-state index >= 15 is 0 Å². The van der Waals surface area contributed by atoms with Crippen LogP contribution in [0.25, 0.3) is 0 Å². The smallest absolute Gasteiger partial charge is 0.231 e. The van der Waals surface area contributed by atoms with Crippen molar-refractivity contribution in [3.8, 4) is 11.5 Å². The van der Waals surface area contributed by atoms with Crippen LogP contribution in [0.1, 0.15) is 37.7 Å². The van der Waals surface area contributed by atoms with Crippen molar-refractivity contribution in [1.82, 2.24) is 5.32 Å². The molecule has 19 heavy (non-hydrogen) atoms. The van der Waals surface area contributed by atoms with Gasteiger partial charge in [-0.05, 0) is 30.5 Å². The Kier molecular flexibility index (Phi) is 3.89. The first-order valence-corrected chi connectivity index (χ1v) is 7.13. The summed E-state index contributed by atoms with van der Waals surface area (Å²) >= 11 is 0. The largest absolute Gasteiger partial charge is 0.454 e. The number of ether oxygens (including phenoxy) is 2. The van der Waals surface area contributed by atoms with Crippen molar-refractivity contribution in [2.75, 3.05) is 6.79 Å². The van der Waals surface area contributed by atoms with Crippen molar-refractivity contribution in [3.05, 3.63) is 23.8 Å². The molecule has 0 amide bonds. The summed E-state index contributed by atoms with van der Waals surface area (Å²) in [6, 6.07) is 6.22. The minimum atomic E-state index is -0.212. The molecule has 2 atom stereocenters. The van der Waals surface area contributed by atoms with E-state index in [-0.39, 0.29) is 12.1 Å². The molecule has 4 nitrogen and oxygen atoms in total. The lowest BCUT2D eigenvalue weighted by molar-refractivity contribution is 0.119. The molecule has 1 aliphatic carbocycles. The SMILES string of the molecule is OC1CCCCCC1NCc1ccc2c(c1)OCO2. The molecule has 0 radical (unpaired) electrons. The summed E-state index contributed by atoms with van der Waals surface area (Å²) in [5.74, 6) is 1.64. The first-order chi connectivity index (χ1) is 9.33. The lowest BCUT2D eigenvalue weighted by atomic mass is 10.1. The lowest BCUT2D eigenvalue weighted by Crippen LogP contribution is -2.38. The maximum atomic E-state index is 10.1. The van der Waals surface area contributed by atoms with Crippen molar-refractivity contribution >= 4 is 0 Å². The van der Waals surface area contributed by atoms with Crippen molar-refractivity contribution < 1.29 is 14.6 Å². The normalized spacial score (nSPS) is 26.2. The van der Waals surface area contributed by atoms with E-state index in [1.165, 1.54) is 18.4 Å². The predicted molar refractivity (Wildman–Crippen MR) is 72.3 cm³/mol. The van der Waals surface area contributed by atoms with E-state index in [1.54, 1.807) is 0 Å². The molecule has 1 aliphatic heterocycles. The maximum absolute atomic E-state index is 10.1. The van der Waals surface area contributed by atoms with E-state index in [1.807, 2.05) is 18.2 Å². The molecule has 1 saturated carbocycles. The summed E-state index contributed by atoms with van der Waals surface area (Å²) in [5.41, 5.74) is 1.17. The molecule has 2 N–H and O–H groups in total. The Balaban J connectivity index is 1.59. The fourth-order valence-electron chi connectivity index (χ4n) is 2.83. The average molecular weight is 263 g/mol. The second kappa shape index (κ2) is 5.80. The first-order valence-electron chi connectivity index (χ1n) is 7.13. The average Bonchev–Trinajstić information content (AvgIpc) is 2.79. The molecule has 104 valence electrons. The van der Waals surface area contributed by atoms with Gasteiger partial charge in [0.15, 0.2) is 11.5 Å². The second-order valence-electron chi connectivity index (χ2n) is 5.38. The topological polar surface area (TPSA) is 50.7 Å². The molecule has 2 unspecified atom stereocenters. The van der Waals surface area contributed by atoms with Gasteiger partial charge in [-0.2, -0.15) is 0 Å². The third kappa shape index (κ3) is 3.01. The number of aliphatic hydroxyl groups is 1.